The van der Waals surface area contributed by atoms with Crippen molar-refractivity contribution in [3.63, 3.8) is 0 Å². The van der Waals surface area contributed by atoms with Crippen LogP contribution in [0.1, 0.15) is 69.2 Å². The van der Waals surface area contributed by atoms with Crippen molar-refractivity contribution in [2.75, 3.05) is 6.54 Å². The Morgan fingerprint density at radius 3 is 2.74 bits per heavy atom. The van der Waals surface area contributed by atoms with Gasteiger partial charge >= 0.3 is 0 Å². The normalized spacial score (nSPS) is 17.8. The molecule has 0 aromatic carbocycles. The summed E-state index contributed by atoms with van der Waals surface area (Å²) in [5.41, 5.74) is 2.46. The first-order valence-electron chi connectivity index (χ1n) is 7.95. The minimum Gasteiger partial charge on any atom is -0.310 e. The van der Waals surface area contributed by atoms with E-state index >= 15 is 0 Å². The van der Waals surface area contributed by atoms with Crippen LogP contribution in [0.5, 0.6) is 0 Å². The van der Waals surface area contributed by atoms with E-state index in [2.05, 4.69) is 42.5 Å². The van der Waals surface area contributed by atoms with Crippen LogP contribution < -0.4 is 5.32 Å². The van der Waals surface area contributed by atoms with E-state index in [-0.39, 0.29) is 0 Å². The Hall–Kier alpha value is -0.890. The Bertz CT molecular complexity index is 352. The lowest BCUT2D eigenvalue weighted by Gasteiger charge is -2.20. The summed E-state index contributed by atoms with van der Waals surface area (Å²) in [5, 5.41) is 3.69. The zero-order valence-electron chi connectivity index (χ0n) is 12.5. The van der Waals surface area contributed by atoms with E-state index in [0.717, 1.165) is 18.2 Å². The Kier molecular flexibility index (Phi) is 5.84. The molecule has 1 aromatic rings. The van der Waals surface area contributed by atoms with E-state index in [1.807, 2.05) is 0 Å². The summed E-state index contributed by atoms with van der Waals surface area (Å²) in [4.78, 5) is 4.45. The van der Waals surface area contributed by atoms with Gasteiger partial charge in [0.2, 0.25) is 0 Å². The third kappa shape index (κ3) is 4.61. The summed E-state index contributed by atoms with van der Waals surface area (Å²) >= 11 is 0. The van der Waals surface area contributed by atoms with Crippen molar-refractivity contribution < 1.29 is 0 Å². The predicted molar refractivity (Wildman–Crippen MR) is 81.2 cm³/mol. The quantitative estimate of drug-likeness (QED) is 0.786. The largest absolute Gasteiger partial charge is 0.310 e. The van der Waals surface area contributed by atoms with E-state index in [4.69, 9.17) is 0 Å². The lowest BCUT2D eigenvalue weighted by atomic mass is 9.95. The van der Waals surface area contributed by atoms with Gasteiger partial charge in [-0.2, -0.15) is 0 Å². The zero-order chi connectivity index (χ0) is 13.5. The molecule has 1 unspecified atom stereocenters. The summed E-state index contributed by atoms with van der Waals surface area (Å²) in [7, 11) is 0. The van der Waals surface area contributed by atoms with Crippen LogP contribution in [0.2, 0.25) is 0 Å². The molecule has 0 saturated heterocycles. The van der Waals surface area contributed by atoms with Crippen LogP contribution in [-0.2, 0) is 0 Å². The summed E-state index contributed by atoms with van der Waals surface area (Å²) < 4.78 is 0. The van der Waals surface area contributed by atoms with Gasteiger partial charge in [0.1, 0.15) is 0 Å². The number of nitrogens with one attached hydrogen (secondary N) is 1. The number of nitrogens with zero attached hydrogens (tertiary/aromatic N) is 1. The molecule has 2 heteroatoms. The van der Waals surface area contributed by atoms with Gasteiger partial charge in [-0.15, -0.1) is 0 Å². The van der Waals surface area contributed by atoms with Crippen molar-refractivity contribution in [1.82, 2.24) is 10.3 Å². The van der Waals surface area contributed by atoms with Crippen LogP contribution in [0.3, 0.4) is 0 Å². The van der Waals surface area contributed by atoms with Crippen molar-refractivity contribution in [3.05, 3.63) is 29.6 Å². The van der Waals surface area contributed by atoms with Crippen molar-refractivity contribution in [2.24, 2.45) is 5.92 Å². The molecule has 0 spiro atoms. The number of hydrogen-bond donors (Lipinski definition) is 1. The van der Waals surface area contributed by atoms with Gasteiger partial charge in [-0.1, -0.05) is 38.7 Å². The van der Waals surface area contributed by atoms with E-state index < -0.39 is 0 Å². The number of pyridine rings is 1. The summed E-state index contributed by atoms with van der Waals surface area (Å²) in [6, 6.07) is 4.86. The van der Waals surface area contributed by atoms with Gasteiger partial charge in [0, 0.05) is 17.9 Å². The van der Waals surface area contributed by atoms with Crippen molar-refractivity contribution in [3.8, 4) is 0 Å². The Labute approximate surface area is 118 Å². The maximum Gasteiger partial charge on any atom is 0.0372 e. The molecule has 1 heterocycles. The maximum atomic E-state index is 4.45. The number of rotatable bonds is 7. The van der Waals surface area contributed by atoms with Crippen LogP contribution in [0, 0.1) is 12.8 Å². The summed E-state index contributed by atoms with van der Waals surface area (Å²) in [5.74, 6) is 0.976. The molecular formula is C17H28N2. The van der Waals surface area contributed by atoms with E-state index in [1.165, 1.54) is 50.5 Å². The van der Waals surface area contributed by atoms with E-state index in [0.29, 0.717) is 6.04 Å². The average molecular weight is 260 g/mol. The zero-order valence-corrected chi connectivity index (χ0v) is 12.5. The molecule has 0 bridgehead atoms. The van der Waals surface area contributed by atoms with Crippen molar-refractivity contribution in [1.29, 1.82) is 0 Å². The number of aryl methyl sites for hydroxylation is 1. The van der Waals surface area contributed by atoms with Gasteiger partial charge in [-0.05, 0) is 50.3 Å². The first-order chi connectivity index (χ1) is 9.29. The molecule has 1 aromatic heterocycles. The predicted octanol–water partition coefficient (Wildman–Crippen LogP) is 4.40. The third-order valence-electron chi connectivity index (χ3n) is 4.32. The number of aromatic nitrogens is 1. The molecule has 0 radical (unpaired) electrons. The minimum atomic E-state index is 0.494. The Morgan fingerprint density at radius 2 is 2.11 bits per heavy atom. The Morgan fingerprint density at radius 1 is 1.32 bits per heavy atom. The molecule has 1 N–H and O–H groups in total. The molecule has 2 rings (SSSR count). The van der Waals surface area contributed by atoms with Gasteiger partial charge < -0.3 is 5.32 Å². The molecule has 106 valence electrons. The van der Waals surface area contributed by atoms with Crippen molar-refractivity contribution >= 4 is 0 Å². The fourth-order valence-electron chi connectivity index (χ4n) is 3.09. The molecule has 1 aliphatic rings. The average Bonchev–Trinajstić information content (AvgIpc) is 2.93. The monoisotopic (exact) mass is 260 g/mol. The second-order valence-electron chi connectivity index (χ2n) is 5.97. The highest BCUT2D eigenvalue weighted by Gasteiger charge is 2.18. The lowest BCUT2D eigenvalue weighted by Crippen LogP contribution is -2.23. The van der Waals surface area contributed by atoms with E-state index in [1.54, 1.807) is 0 Å². The number of hydrogen-bond acceptors (Lipinski definition) is 2. The second kappa shape index (κ2) is 7.64. The minimum absolute atomic E-state index is 0.494. The molecule has 1 atom stereocenters. The van der Waals surface area contributed by atoms with E-state index in [9.17, 15) is 0 Å². The lowest BCUT2D eigenvalue weighted by molar-refractivity contribution is 0.411. The Balaban J connectivity index is 1.91. The molecule has 0 amide bonds. The standard InChI is InChI=1S/C17H28N2/c1-3-12-18-17(11-9-15-6-4-5-7-15)16-10-8-14(2)19-13-16/h8,10,13,15,17-18H,3-7,9,11-12H2,1-2H3. The van der Waals surface area contributed by atoms with Crippen LogP contribution in [0.15, 0.2) is 18.3 Å². The van der Waals surface area contributed by atoms with Crippen molar-refractivity contribution in [2.45, 2.75) is 64.8 Å². The molecule has 2 nitrogen and oxygen atoms in total. The highest BCUT2D eigenvalue weighted by Crippen LogP contribution is 2.31. The summed E-state index contributed by atoms with van der Waals surface area (Å²) in [6.45, 7) is 5.38. The highest BCUT2D eigenvalue weighted by molar-refractivity contribution is 5.17. The molecule has 19 heavy (non-hydrogen) atoms. The van der Waals surface area contributed by atoms with Crippen LogP contribution in [-0.4, -0.2) is 11.5 Å². The smallest absolute Gasteiger partial charge is 0.0372 e. The molecular weight excluding hydrogens is 232 g/mol. The third-order valence-corrected chi connectivity index (χ3v) is 4.32. The van der Waals surface area contributed by atoms with Gasteiger partial charge in [-0.25, -0.2) is 0 Å². The van der Waals surface area contributed by atoms with Crippen LogP contribution in [0.4, 0.5) is 0 Å². The molecule has 1 saturated carbocycles. The molecule has 1 aliphatic carbocycles. The topological polar surface area (TPSA) is 24.9 Å². The SMILES string of the molecule is CCCNC(CCC1CCCC1)c1ccc(C)nc1. The van der Waals surface area contributed by atoms with Gasteiger partial charge in [0.05, 0.1) is 0 Å². The second-order valence-corrected chi connectivity index (χ2v) is 5.97. The van der Waals surface area contributed by atoms with Crippen LogP contribution in [0.25, 0.3) is 0 Å². The molecule has 0 aliphatic heterocycles. The molecule has 1 fully saturated rings. The summed E-state index contributed by atoms with van der Waals surface area (Å²) in [6.07, 6.45) is 11.7. The first-order valence-corrected chi connectivity index (χ1v) is 7.95. The maximum absolute atomic E-state index is 4.45. The van der Waals surface area contributed by atoms with Gasteiger partial charge in [0.25, 0.3) is 0 Å². The fraction of sp³-hybridized carbons (Fsp3) is 0.706. The van der Waals surface area contributed by atoms with Gasteiger partial charge in [-0.3, -0.25) is 4.98 Å². The first kappa shape index (κ1) is 14.5. The highest BCUT2D eigenvalue weighted by atomic mass is 14.9. The van der Waals surface area contributed by atoms with Crippen LogP contribution >= 0.6 is 0 Å². The fourth-order valence-corrected chi connectivity index (χ4v) is 3.09. The van der Waals surface area contributed by atoms with Gasteiger partial charge in [0.15, 0.2) is 0 Å².